The van der Waals surface area contributed by atoms with E-state index >= 15 is 0 Å². The minimum atomic E-state index is -0.909. The molecule has 6 rings (SSSR count). The zero-order valence-corrected chi connectivity index (χ0v) is 23.8. The van der Waals surface area contributed by atoms with Gasteiger partial charge >= 0.3 is 0 Å². The Labute approximate surface area is 246 Å². The number of allylic oxidation sites excluding steroid dienone is 1. The molecular formula is C36H35NO5. The van der Waals surface area contributed by atoms with Gasteiger partial charge in [-0.25, -0.2) is 0 Å². The van der Waals surface area contributed by atoms with Gasteiger partial charge in [0.25, 0.3) is 5.91 Å². The largest absolute Gasteiger partial charge is 0.358 e. The summed E-state index contributed by atoms with van der Waals surface area (Å²) in [7, 11) is 0. The zero-order valence-electron chi connectivity index (χ0n) is 23.8. The number of amides is 1. The third-order valence-electron chi connectivity index (χ3n) is 7.82. The maximum atomic E-state index is 12.2. The molecule has 0 radical (unpaired) electrons. The quantitative estimate of drug-likeness (QED) is 0.148. The summed E-state index contributed by atoms with van der Waals surface area (Å²) in [6, 6.07) is 40.6. The molecule has 6 heteroatoms. The van der Waals surface area contributed by atoms with Gasteiger partial charge in [0, 0.05) is 5.56 Å². The number of benzene rings is 4. The van der Waals surface area contributed by atoms with Gasteiger partial charge in [-0.05, 0) is 30.5 Å². The summed E-state index contributed by atoms with van der Waals surface area (Å²) in [6.45, 7) is 4.32. The smallest absolute Gasteiger partial charge is 0.253 e. The van der Waals surface area contributed by atoms with Gasteiger partial charge in [-0.1, -0.05) is 127 Å². The molecule has 0 aliphatic carbocycles. The first-order chi connectivity index (χ1) is 20.6. The number of hydrogen-bond acceptors (Lipinski definition) is 5. The highest BCUT2D eigenvalue weighted by Gasteiger charge is 2.44. The van der Waals surface area contributed by atoms with E-state index in [0.717, 1.165) is 27.8 Å². The van der Waals surface area contributed by atoms with E-state index in [2.05, 4.69) is 41.7 Å². The fraction of sp³-hybridized carbons (Fsp3) is 0.250. The minimum absolute atomic E-state index is 0.108. The van der Waals surface area contributed by atoms with Crippen molar-refractivity contribution in [2.24, 2.45) is 0 Å². The molecule has 2 saturated heterocycles. The van der Waals surface area contributed by atoms with E-state index in [-0.39, 0.29) is 19.1 Å². The molecule has 2 aliphatic rings. The number of nitrogens with one attached hydrogen (secondary N) is 1. The summed E-state index contributed by atoms with van der Waals surface area (Å²) in [5, 5.41) is 2.86. The maximum absolute atomic E-state index is 12.2. The lowest BCUT2D eigenvalue weighted by atomic mass is 9.80. The van der Waals surface area contributed by atoms with Crippen molar-refractivity contribution < 1.29 is 23.7 Å². The molecule has 214 valence electrons. The summed E-state index contributed by atoms with van der Waals surface area (Å²) in [5.74, 6) is -0.108. The number of ether oxygens (including phenoxy) is 4. The van der Waals surface area contributed by atoms with E-state index in [4.69, 9.17) is 18.9 Å². The van der Waals surface area contributed by atoms with Crippen LogP contribution in [0.15, 0.2) is 132 Å². The second-order valence-corrected chi connectivity index (χ2v) is 10.8. The minimum Gasteiger partial charge on any atom is -0.358 e. The van der Waals surface area contributed by atoms with Gasteiger partial charge in [-0.15, -0.1) is 0 Å². The van der Waals surface area contributed by atoms with E-state index in [1.165, 1.54) is 0 Å². The molecule has 0 aromatic heterocycles. The first kappa shape index (κ1) is 28.1. The van der Waals surface area contributed by atoms with E-state index in [1.807, 2.05) is 98.8 Å². The maximum Gasteiger partial charge on any atom is 0.253 e. The van der Waals surface area contributed by atoms with Crippen molar-refractivity contribution >= 4 is 5.91 Å². The lowest BCUT2D eigenvalue weighted by molar-refractivity contribution is -0.285. The van der Waals surface area contributed by atoms with Gasteiger partial charge in [0.15, 0.2) is 12.5 Å². The molecule has 4 aromatic carbocycles. The molecule has 1 unspecified atom stereocenters. The van der Waals surface area contributed by atoms with Gasteiger partial charge in [0.05, 0.1) is 18.8 Å². The van der Waals surface area contributed by atoms with Crippen LogP contribution in [0.4, 0.5) is 0 Å². The Morgan fingerprint density at radius 1 is 0.786 bits per heavy atom. The predicted molar refractivity (Wildman–Crippen MR) is 160 cm³/mol. The zero-order chi connectivity index (χ0) is 28.9. The van der Waals surface area contributed by atoms with E-state index in [9.17, 15) is 4.79 Å². The second kappa shape index (κ2) is 12.4. The third-order valence-corrected chi connectivity index (χ3v) is 7.82. The van der Waals surface area contributed by atoms with Crippen LogP contribution in [0.2, 0.25) is 0 Å². The number of carbonyl (C=O) groups excluding carboxylic acids is 1. The van der Waals surface area contributed by atoms with Crippen LogP contribution in [-0.4, -0.2) is 37.6 Å². The number of carbonyl (C=O) groups is 1. The standard InChI is InChI=1S/C36H35NO5/c1-25(2)32-33(38)37-34(32)41-30-23-39-35(26-15-7-3-8-16-26)42-31(30)24-40-36(27-17-9-4-10-18-27,28-19-11-5-12-20-28)29-21-13-6-14-22-29/h3-22,30-31,34-35H,23-24H2,1-2H3,(H,37,38)/t30-,31+,34+,35?/m0/s1. The first-order valence-corrected chi connectivity index (χ1v) is 14.3. The SMILES string of the molecule is CC(C)=C1C(=O)N[C@@H]1O[C@H]1COC(c2ccccc2)O[C@@H]1COC(c1ccccc1)(c1ccccc1)c1ccccc1. The van der Waals surface area contributed by atoms with Crippen molar-refractivity contribution in [3.05, 3.63) is 155 Å². The molecule has 2 aliphatic heterocycles. The fourth-order valence-corrected chi connectivity index (χ4v) is 5.69. The van der Waals surface area contributed by atoms with Crippen molar-refractivity contribution in [1.82, 2.24) is 5.32 Å². The van der Waals surface area contributed by atoms with Crippen molar-refractivity contribution in [1.29, 1.82) is 0 Å². The summed E-state index contributed by atoms with van der Waals surface area (Å²) >= 11 is 0. The molecule has 4 atom stereocenters. The van der Waals surface area contributed by atoms with Gasteiger partial charge in [-0.2, -0.15) is 0 Å². The first-order valence-electron chi connectivity index (χ1n) is 14.3. The highest BCUT2D eigenvalue weighted by molar-refractivity contribution is 6.01. The average molecular weight is 562 g/mol. The van der Waals surface area contributed by atoms with E-state index < -0.39 is 30.3 Å². The lowest BCUT2D eigenvalue weighted by Crippen LogP contribution is -2.58. The number of hydrogen-bond donors (Lipinski definition) is 1. The number of rotatable bonds is 9. The summed E-state index contributed by atoms with van der Waals surface area (Å²) in [4.78, 5) is 12.2. The van der Waals surface area contributed by atoms with Crippen molar-refractivity contribution in [2.75, 3.05) is 13.2 Å². The molecule has 4 aromatic rings. The molecule has 2 heterocycles. The molecule has 2 fully saturated rings. The van der Waals surface area contributed by atoms with Gasteiger partial charge < -0.3 is 24.3 Å². The Morgan fingerprint density at radius 2 is 1.29 bits per heavy atom. The second-order valence-electron chi connectivity index (χ2n) is 10.8. The van der Waals surface area contributed by atoms with Crippen LogP contribution in [0.25, 0.3) is 0 Å². The Hall–Kier alpha value is -4.07. The monoisotopic (exact) mass is 561 g/mol. The topological polar surface area (TPSA) is 66.0 Å². The lowest BCUT2D eigenvalue weighted by Gasteiger charge is -2.43. The highest BCUT2D eigenvalue weighted by atomic mass is 16.7. The number of β-lactam (4-membered cyclic amide) rings is 1. The molecular weight excluding hydrogens is 526 g/mol. The Bertz CT molecular complexity index is 1410. The Morgan fingerprint density at radius 3 is 1.76 bits per heavy atom. The van der Waals surface area contributed by atoms with E-state index in [1.54, 1.807) is 0 Å². The molecule has 6 nitrogen and oxygen atoms in total. The summed E-state index contributed by atoms with van der Waals surface area (Å²) in [5.41, 5.74) is 4.59. The van der Waals surface area contributed by atoms with Gasteiger partial charge in [0.1, 0.15) is 17.8 Å². The molecule has 1 N–H and O–H groups in total. The third kappa shape index (κ3) is 5.54. The van der Waals surface area contributed by atoms with Gasteiger partial charge in [-0.3, -0.25) is 4.79 Å². The van der Waals surface area contributed by atoms with E-state index in [0.29, 0.717) is 5.57 Å². The van der Waals surface area contributed by atoms with Gasteiger partial charge in [0.2, 0.25) is 0 Å². The van der Waals surface area contributed by atoms with Crippen LogP contribution in [0.5, 0.6) is 0 Å². The van der Waals surface area contributed by atoms with Crippen LogP contribution < -0.4 is 5.32 Å². The fourth-order valence-electron chi connectivity index (χ4n) is 5.69. The molecule has 0 saturated carbocycles. The Kier molecular flexibility index (Phi) is 8.31. The van der Waals surface area contributed by atoms with Crippen LogP contribution in [0.1, 0.15) is 42.4 Å². The van der Waals surface area contributed by atoms with Crippen molar-refractivity contribution in [3.63, 3.8) is 0 Å². The van der Waals surface area contributed by atoms with Crippen molar-refractivity contribution in [3.8, 4) is 0 Å². The summed E-state index contributed by atoms with van der Waals surface area (Å²) < 4.78 is 26.3. The summed E-state index contributed by atoms with van der Waals surface area (Å²) in [6.07, 6.45) is -2.06. The molecule has 1 amide bonds. The normalized spacial score (nSPS) is 22.2. The average Bonchev–Trinajstić information content (AvgIpc) is 3.03. The van der Waals surface area contributed by atoms with Crippen LogP contribution in [0.3, 0.4) is 0 Å². The molecule has 42 heavy (non-hydrogen) atoms. The van der Waals surface area contributed by atoms with Crippen LogP contribution in [-0.2, 0) is 29.3 Å². The molecule has 0 spiro atoms. The van der Waals surface area contributed by atoms with Crippen molar-refractivity contribution in [2.45, 2.75) is 44.2 Å². The Balaban J connectivity index is 1.36. The highest BCUT2D eigenvalue weighted by Crippen LogP contribution is 2.41. The molecule has 0 bridgehead atoms. The predicted octanol–water partition coefficient (Wildman–Crippen LogP) is 6.29. The van der Waals surface area contributed by atoms with Crippen LogP contribution in [0, 0.1) is 0 Å². The van der Waals surface area contributed by atoms with Crippen LogP contribution >= 0.6 is 0 Å².